The third-order valence-electron chi connectivity index (χ3n) is 5.61. The Hall–Kier alpha value is -2.87. The number of hydrogen-bond acceptors (Lipinski definition) is 3. The van der Waals surface area contributed by atoms with E-state index in [1.807, 2.05) is 48.9 Å². The standard InChI is InChI=1S/C25H25ClN4/c26-23-11-9-21(10-12-23)22-3-1-2-4-24(13-22)29-16-25-15-28-18-30(25)17-20-7-5-19(14-27)6-8-20/h5-13,15,18,24,29H,1-4,16-17H2. The van der Waals surface area contributed by atoms with Gasteiger partial charge in [-0.1, -0.05) is 48.4 Å². The van der Waals surface area contributed by atoms with E-state index in [1.165, 1.54) is 24.0 Å². The first-order valence-electron chi connectivity index (χ1n) is 10.4. The molecule has 0 amide bonds. The smallest absolute Gasteiger partial charge is 0.0991 e. The molecule has 4 rings (SSSR count). The van der Waals surface area contributed by atoms with Crippen LogP contribution in [0.3, 0.4) is 0 Å². The quantitative estimate of drug-likeness (QED) is 0.571. The van der Waals surface area contributed by atoms with E-state index < -0.39 is 0 Å². The second kappa shape index (κ2) is 9.75. The summed E-state index contributed by atoms with van der Waals surface area (Å²) in [5, 5.41) is 13.5. The molecule has 0 saturated carbocycles. The molecule has 4 nitrogen and oxygen atoms in total. The van der Waals surface area contributed by atoms with Crippen molar-refractivity contribution in [3.8, 4) is 6.07 Å². The van der Waals surface area contributed by atoms with E-state index in [0.717, 1.165) is 42.2 Å². The van der Waals surface area contributed by atoms with Crippen molar-refractivity contribution in [1.29, 1.82) is 5.26 Å². The summed E-state index contributed by atoms with van der Waals surface area (Å²) in [6, 6.07) is 18.4. The Morgan fingerprint density at radius 3 is 2.67 bits per heavy atom. The van der Waals surface area contributed by atoms with E-state index in [9.17, 15) is 0 Å². The summed E-state index contributed by atoms with van der Waals surface area (Å²) in [7, 11) is 0. The number of halogens is 1. The van der Waals surface area contributed by atoms with Crippen molar-refractivity contribution in [3.05, 3.63) is 94.5 Å². The minimum Gasteiger partial charge on any atom is -0.329 e. The van der Waals surface area contributed by atoms with Crippen molar-refractivity contribution in [2.24, 2.45) is 0 Å². The molecule has 152 valence electrons. The Morgan fingerprint density at radius 2 is 1.90 bits per heavy atom. The fourth-order valence-electron chi connectivity index (χ4n) is 3.91. The van der Waals surface area contributed by atoms with Gasteiger partial charge in [0.15, 0.2) is 0 Å². The first-order chi connectivity index (χ1) is 14.7. The molecule has 5 heteroatoms. The normalized spacial score (nSPS) is 16.5. The van der Waals surface area contributed by atoms with Crippen LogP contribution in [0.1, 0.15) is 48.1 Å². The molecular weight excluding hydrogens is 392 g/mol. The molecule has 0 fully saturated rings. The zero-order valence-corrected chi connectivity index (χ0v) is 17.6. The number of benzene rings is 2. The summed E-state index contributed by atoms with van der Waals surface area (Å²) in [6.45, 7) is 1.52. The van der Waals surface area contributed by atoms with Gasteiger partial charge in [0.05, 0.1) is 23.7 Å². The van der Waals surface area contributed by atoms with Crippen molar-refractivity contribution in [3.63, 3.8) is 0 Å². The molecule has 1 heterocycles. The van der Waals surface area contributed by atoms with E-state index in [2.05, 4.69) is 39.1 Å². The van der Waals surface area contributed by atoms with Crippen molar-refractivity contribution >= 4 is 17.2 Å². The van der Waals surface area contributed by atoms with Gasteiger partial charge in [-0.05, 0) is 60.2 Å². The average Bonchev–Trinajstić information content (AvgIpc) is 3.07. The number of nitrogens with zero attached hydrogens (tertiary/aromatic N) is 3. The van der Waals surface area contributed by atoms with Crippen LogP contribution < -0.4 is 5.32 Å². The lowest BCUT2D eigenvalue weighted by atomic mass is 10.0. The number of aromatic nitrogens is 2. The zero-order valence-electron chi connectivity index (χ0n) is 16.9. The van der Waals surface area contributed by atoms with E-state index >= 15 is 0 Å². The van der Waals surface area contributed by atoms with Crippen LogP contribution in [-0.2, 0) is 13.1 Å². The van der Waals surface area contributed by atoms with Crippen LogP contribution in [0.4, 0.5) is 0 Å². The molecule has 0 bridgehead atoms. The highest BCUT2D eigenvalue weighted by molar-refractivity contribution is 6.30. The third-order valence-corrected chi connectivity index (χ3v) is 5.86. The van der Waals surface area contributed by atoms with Gasteiger partial charge in [-0.2, -0.15) is 5.26 Å². The number of nitriles is 1. The van der Waals surface area contributed by atoms with Crippen LogP contribution in [0.15, 0.2) is 67.1 Å². The third kappa shape index (κ3) is 5.18. The summed E-state index contributed by atoms with van der Waals surface area (Å²) in [5.41, 5.74) is 5.66. The first kappa shape index (κ1) is 20.4. The molecule has 1 aromatic heterocycles. The van der Waals surface area contributed by atoms with Crippen molar-refractivity contribution in [2.45, 2.75) is 44.8 Å². The second-order valence-corrected chi connectivity index (χ2v) is 8.19. The Bertz CT molecular complexity index is 1040. The Labute approximate surface area is 182 Å². The molecule has 3 aromatic rings. The summed E-state index contributed by atoms with van der Waals surface area (Å²) in [4.78, 5) is 4.35. The largest absolute Gasteiger partial charge is 0.329 e. The second-order valence-electron chi connectivity index (χ2n) is 7.75. The van der Waals surface area contributed by atoms with Gasteiger partial charge in [0, 0.05) is 30.4 Å². The molecule has 0 aliphatic heterocycles. The van der Waals surface area contributed by atoms with Crippen LogP contribution in [0, 0.1) is 11.3 Å². The summed E-state index contributed by atoms with van der Waals surface area (Å²) in [6.07, 6.45) is 10.9. The number of imidazole rings is 1. The van der Waals surface area contributed by atoms with E-state index in [1.54, 1.807) is 0 Å². The molecule has 1 aliphatic rings. The fourth-order valence-corrected chi connectivity index (χ4v) is 4.04. The monoisotopic (exact) mass is 416 g/mol. The maximum absolute atomic E-state index is 8.96. The average molecular weight is 417 g/mol. The highest BCUT2D eigenvalue weighted by Crippen LogP contribution is 2.27. The Balaban J connectivity index is 1.42. The number of rotatable bonds is 6. The van der Waals surface area contributed by atoms with Crippen molar-refractivity contribution < 1.29 is 0 Å². The van der Waals surface area contributed by atoms with Crippen LogP contribution in [0.5, 0.6) is 0 Å². The molecule has 0 saturated heterocycles. The predicted octanol–water partition coefficient (Wildman–Crippen LogP) is 5.57. The molecule has 1 atom stereocenters. The van der Waals surface area contributed by atoms with Crippen molar-refractivity contribution in [2.75, 3.05) is 0 Å². The SMILES string of the molecule is N#Cc1ccc(Cn2cncc2CNC2C=C(c3ccc(Cl)cc3)CCCC2)cc1. The molecule has 1 N–H and O–H groups in total. The van der Waals surface area contributed by atoms with Crippen LogP contribution in [0.25, 0.3) is 5.57 Å². The maximum Gasteiger partial charge on any atom is 0.0991 e. The van der Waals surface area contributed by atoms with Gasteiger partial charge in [-0.3, -0.25) is 0 Å². The summed E-state index contributed by atoms with van der Waals surface area (Å²) in [5.74, 6) is 0. The van der Waals surface area contributed by atoms with Crippen molar-refractivity contribution in [1.82, 2.24) is 14.9 Å². The Kier molecular flexibility index (Phi) is 6.63. The van der Waals surface area contributed by atoms with Crippen LogP contribution >= 0.6 is 11.6 Å². The van der Waals surface area contributed by atoms with Gasteiger partial charge < -0.3 is 9.88 Å². The molecule has 30 heavy (non-hydrogen) atoms. The molecule has 2 aromatic carbocycles. The number of hydrogen-bond donors (Lipinski definition) is 1. The first-order valence-corrected chi connectivity index (χ1v) is 10.8. The van der Waals surface area contributed by atoms with Crippen LogP contribution in [0.2, 0.25) is 5.02 Å². The van der Waals surface area contributed by atoms with Gasteiger partial charge in [-0.15, -0.1) is 0 Å². The highest BCUT2D eigenvalue weighted by Gasteiger charge is 2.14. The molecule has 1 unspecified atom stereocenters. The van der Waals surface area contributed by atoms with Gasteiger partial charge in [0.2, 0.25) is 0 Å². The zero-order chi connectivity index (χ0) is 20.8. The van der Waals surface area contributed by atoms with Gasteiger partial charge >= 0.3 is 0 Å². The molecular formula is C25H25ClN4. The Morgan fingerprint density at radius 1 is 1.10 bits per heavy atom. The number of allylic oxidation sites excluding steroid dienone is 1. The topological polar surface area (TPSA) is 53.6 Å². The number of nitrogens with one attached hydrogen (secondary N) is 1. The van der Waals surface area contributed by atoms with E-state index in [-0.39, 0.29) is 0 Å². The summed E-state index contributed by atoms with van der Waals surface area (Å²) < 4.78 is 2.16. The van der Waals surface area contributed by atoms with E-state index in [0.29, 0.717) is 11.6 Å². The van der Waals surface area contributed by atoms with Gasteiger partial charge in [-0.25, -0.2) is 4.98 Å². The maximum atomic E-state index is 8.96. The lowest BCUT2D eigenvalue weighted by Crippen LogP contribution is -2.27. The lowest BCUT2D eigenvalue weighted by Gasteiger charge is -2.16. The lowest BCUT2D eigenvalue weighted by molar-refractivity contribution is 0.525. The minimum atomic E-state index is 0.344. The molecule has 1 aliphatic carbocycles. The summed E-state index contributed by atoms with van der Waals surface area (Å²) >= 11 is 6.05. The molecule has 0 radical (unpaired) electrons. The van der Waals surface area contributed by atoms with E-state index in [4.69, 9.17) is 16.9 Å². The van der Waals surface area contributed by atoms with Crippen LogP contribution in [-0.4, -0.2) is 15.6 Å². The predicted molar refractivity (Wildman–Crippen MR) is 121 cm³/mol. The van der Waals surface area contributed by atoms with Gasteiger partial charge in [0.1, 0.15) is 0 Å². The minimum absolute atomic E-state index is 0.344. The molecule has 0 spiro atoms. The highest BCUT2D eigenvalue weighted by atomic mass is 35.5. The van der Waals surface area contributed by atoms with Gasteiger partial charge in [0.25, 0.3) is 0 Å². The fraction of sp³-hybridized carbons (Fsp3) is 0.280.